The number of benzene rings is 2. The molecule has 0 N–H and O–H groups in total. The predicted octanol–water partition coefficient (Wildman–Crippen LogP) is 9.38. The van der Waals surface area contributed by atoms with Gasteiger partial charge in [-0.2, -0.15) is 39.5 Å². The number of piperidine rings is 1. The Bertz CT molecular complexity index is 1310. The largest absolute Gasteiger partial charge is 0.439 e. The molecule has 2 aliphatic heterocycles. The molecule has 0 aromatic heterocycles. The van der Waals surface area contributed by atoms with Crippen molar-refractivity contribution in [2.75, 3.05) is 18.0 Å². The van der Waals surface area contributed by atoms with Crippen molar-refractivity contribution in [2.24, 2.45) is 5.41 Å². The van der Waals surface area contributed by atoms with Crippen LogP contribution in [0, 0.1) is 5.41 Å². The number of hydrogen-bond donors (Lipinski definition) is 0. The molecule has 0 unspecified atom stereocenters. The van der Waals surface area contributed by atoms with Gasteiger partial charge >= 0.3 is 24.6 Å². The van der Waals surface area contributed by atoms with Crippen LogP contribution in [0.5, 0.6) is 0 Å². The van der Waals surface area contributed by atoms with Crippen molar-refractivity contribution in [1.82, 2.24) is 4.90 Å². The Kier molecular flexibility index (Phi) is 8.09. The van der Waals surface area contributed by atoms with Gasteiger partial charge in [-0.15, -0.1) is 0 Å². The Hall–Kier alpha value is -3.12. The van der Waals surface area contributed by atoms with Gasteiger partial charge in [0.1, 0.15) is 6.10 Å². The van der Waals surface area contributed by atoms with Gasteiger partial charge in [-0.25, -0.2) is 4.79 Å². The van der Waals surface area contributed by atoms with Crippen LogP contribution in [0.15, 0.2) is 36.4 Å². The third-order valence-electron chi connectivity index (χ3n) is 8.99. The average molecular weight is 623 g/mol. The Labute approximate surface area is 242 Å². The first-order valence-corrected chi connectivity index (χ1v) is 14.2. The first-order chi connectivity index (χ1) is 20.0. The lowest BCUT2D eigenvalue weighted by atomic mass is 9.69. The van der Waals surface area contributed by atoms with Crippen LogP contribution in [0.4, 0.5) is 50.0 Å². The summed E-state index contributed by atoms with van der Waals surface area (Å²) in [7, 11) is 0. The minimum Gasteiger partial charge on any atom is -0.439 e. The molecule has 4 nitrogen and oxygen atoms in total. The van der Waals surface area contributed by atoms with Crippen molar-refractivity contribution >= 4 is 11.8 Å². The number of anilines is 1. The fourth-order valence-electron chi connectivity index (χ4n) is 6.81. The Balaban J connectivity index is 1.48. The van der Waals surface area contributed by atoms with Gasteiger partial charge in [-0.3, -0.25) is 4.90 Å². The van der Waals surface area contributed by atoms with E-state index in [2.05, 4.69) is 0 Å². The molecule has 2 heterocycles. The number of nitrogens with zero attached hydrogens (tertiary/aromatic N) is 2. The SMILES string of the molecule is C[C@H]1[C@@H](c2cc(C(F)(F)F)cc(C(F)(F)F)c2)OC(=O)N1Cc1cc(C(F)(F)F)ccc1N1CCCC2(CCCCC2)C1. The van der Waals surface area contributed by atoms with E-state index in [1.807, 2.05) is 4.90 Å². The average Bonchev–Trinajstić information content (AvgIpc) is 3.20. The minimum absolute atomic E-state index is 0.0185. The zero-order chi connectivity index (χ0) is 31.4. The molecule has 2 saturated heterocycles. The molecule has 13 heteroatoms. The molecule has 2 aromatic carbocycles. The van der Waals surface area contributed by atoms with E-state index in [9.17, 15) is 44.3 Å². The van der Waals surface area contributed by atoms with Gasteiger partial charge in [0.2, 0.25) is 0 Å². The lowest BCUT2D eigenvalue weighted by Gasteiger charge is -2.46. The Morgan fingerprint density at radius 3 is 1.95 bits per heavy atom. The molecule has 0 bridgehead atoms. The van der Waals surface area contributed by atoms with Crippen molar-refractivity contribution in [3.63, 3.8) is 0 Å². The van der Waals surface area contributed by atoms with E-state index in [-0.39, 0.29) is 23.6 Å². The summed E-state index contributed by atoms with van der Waals surface area (Å²) in [5.74, 6) is 0. The van der Waals surface area contributed by atoms with E-state index in [1.165, 1.54) is 13.0 Å². The second kappa shape index (κ2) is 11.1. The summed E-state index contributed by atoms with van der Waals surface area (Å²) in [5, 5.41) is 0. The zero-order valence-corrected chi connectivity index (χ0v) is 23.3. The van der Waals surface area contributed by atoms with E-state index >= 15 is 0 Å². The van der Waals surface area contributed by atoms with Crippen LogP contribution in [-0.4, -0.2) is 30.1 Å². The second-order valence-electron chi connectivity index (χ2n) is 11.9. The van der Waals surface area contributed by atoms with Gasteiger partial charge in [0.25, 0.3) is 0 Å². The molecule has 1 aliphatic carbocycles. The summed E-state index contributed by atoms with van der Waals surface area (Å²) in [5.41, 5.74) is -3.81. The second-order valence-corrected chi connectivity index (χ2v) is 11.9. The number of ether oxygens (including phenoxy) is 1. The van der Waals surface area contributed by atoms with Crippen LogP contribution < -0.4 is 4.90 Å². The highest BCUT2D eigenvalue weighted by Crippen LogP contribution is 2.46. The summed E-state index contributed by atoms with van der Waals surface area (Å²) in [6, 6.07) is 3.22. The van der Waals surface area contributed by atoms with Crippen molar-refractivity contribution in [3.05, 3.63) is 64.2 Å². The fraction of sp³-hybridized carbons (Fsp3) is 0.567. The van der Waals surface area contributed by atoms with E-state index in [0.29, 0.717) is 30.9 Å². The van der Waals surface area contributed by atoms with Crippen LogP contribution in [0.25, 0.3) is 0 Å². The standard InChI is InChI=1S/C30H31F9N2O2/c1-18-25(19-12-22(29(34,35)36)15-23(13-19)30(37,38)39)43-26(42)41(18)16-20-14-21(28(31,32)33)6-7-24(20)40-11-5-10-27(17-40)8-3-2-4-9-27/h6-7,12-15,18,25H,2-5,8-11,16-17H2,1H3/t18-,25-/m0/s1. The van der Waals surface area contributed by atoms with Crippen molar-refractivity contribution < 1.29 is 49.0 Å². The molecule has 2 aromatic rings. The molecular weight excluding hydrogens is 591 g/mol. The molecular formula is C30H31F9N2O2. The number of halogens is 9. The molecule has 1 amide bonds. The van der Waals surface area contributed by atoms with Gasteiger partial charge in [0.15, 0.2) is 0 Å². The Morgan fingerprint density at radius 1 is 0.791 bits per heavy atom. The van der Waals surface area contributed by atoms with Gasteiger partial charge < -0.3 is 9.64 Å². The summed E-state index contributed by atoms with van der Waals surface area (Å²) < 4.78 is 127. The number of carbonyl (C=O) groups is 1. The van der Waals surface area contributed by atoms with Crippen LogP contribution in [0.3, 0.4) is 0 Å². The number of amides is 1. The van der Waals surface area contributed by atoms with Crippen molar-refractivity contribution in [3.8, 4) is 0 Å². The third kappa shape index (κ3) is 6.55. The smallest absolute Gasteiger partial charge is 0.416 e. The number of alkyl halides is 9. The summed E-state index contributed by atoms with van der Waals surface area (Å²) in [6.45, 7) is 2.27. The zero-order valence-electron chi connectivity index (χ0n) is 23.3. The third-order valence-corrected chi connectivity index (χ3v) is 8.99. The highest BCUT2D eigenvalue weighted by molar-refractivity contribution is 5.72. The molecule has 1 saturated carbocycles. The normalized spacial score (nSPS) is 23.2. The van der Waals surface area contributed by atoms with E-state index in [0.717, 1.165) is 62.0 Å². The Morgan fingerprint density at radius 2 is 1.37 bits per heavy atom. The monoisotopic (exact) mass is 622 g/mol. The molecule has 236 valence electrons. The summed E-state index contributed by atoms with van der Waals surface area (Å²) in [6.07, 6.45) is -10.2. The number of cyclic esters (lactones) is 1. The molecule has 3 fully saturated rings. The van der Waals surface area contributed by atoms with Crippen molar-refractivity contribution in [2.45, 2.75) is 89.1 Å². The van der Waals surface area contributed by atoms with Gasteiger partial charge in [-0.05, 0) is 85.5 Å². The number of rotatable bonds is 4. The maximum atomic E-state index is 13.7. The maximum Gasteiger partial charge on any atom is 0.416 e. The fourth-order valence-corrected chi connectivity index (χ4v) is 6.81. The van der Waals surface area contributed by atoms with Gasteiger partial charge in [0, 0.05) is 18.8 Å². The first kappa shape index (κ1) is 31.3. The van der Waals surface area contributed by atoms with Crippen LogP contribution >= 0.6 is 0 Å². The summed E-state index contributed by atoms with van der Waals surface area (Å²) in [4.78, 5) is 16.1. The number of hydrogen-bond acceptors (Lipinski definition) is 3. The highest BCUT2D eigenvalue weighted by atomic mass is 19.4. The maximum absolute atomic E-state index is 13.7. The van der Waals surface area contributed by atoms with E-state index in [4.69, 9.17) is 4.74 Å². The van der Waals surface area contributed by atoms with Crippen LogP contribution in [0.1, 0.15) is 85.8 Å². The minimum atomic E-state index is -5.10. The molecule has 3 aliphatic rings. The van der Waals surface area contributed by atoms with Crippen LogP contribution in [0.2, 0.25) is 0 Å². The van der Waals surface area contributed by atoms with Crippen molar-refractivity contribution in [1.29, 1.82) is 0 Å². The first-order valence-electron chi connectivity index (χ1n) is 14.2. The molecule has 1 spiro atoms. The topological polar surface area (TPSA) is 32.8 Å². The molecule has 0 radical (unpaired) electrons. The molecule has 43 heavy (non-hydrogen) atoms. The predicted molar refractivity (Wildman–Crippen MR) is 139 cm³/mol. The lowest BCUT2D eigenvalue weighted by molar-refractivity contribution is -0.143. The van der Waals surface area contributed by atoms with Gasteiger partial charge in [0.05, 0.1) is 29.3 Å². The summed E-state index contributed by atoms with van der Waals surface area (Å²) >= 11 is 0. The van der Waals surface area contributed by atoms with E-state index in [1.54, 1.807) is 0 Å². The van der Waals surface area contributed by atoms with Crippen LogP contribution in [-0.2, 0) is 29.8 Å². The quantitative estimate of drug-likeness (QED) is 0.319. The van der Waals surface area contributed by atoms with Gasteiger partial charge in [-0.1, -0.05) is 19.3 Å². The highest BCUT2D eigenvalue weighted by Gasteiger charge is 2.44. The molecule has 2 atom stereocenters. The van der Waals surface area contributed by atoms with E-state index < -0.39 is 59.0 Å². The lowest BCUT2D eigenvalue weighted by Crippen LogP contribution is -2.45. The number of carbonyl (C=O) groups excluding carboxylic acids is 1. The molecule has 5 rings (SSSR count).